The number of nitrogens with zero attached hydrogens (tertiary/aromatic N) is 1. The van der Waals surface area contributed by atoms with E-state index in [1.165, 1.54) is 0 Å². The number of nitrogens with one attached hydrogen (secondary N) is 2. The van der Waals surface area contributed by atoms with Crippen LogP contribution < -0.4 is 16.6 Å². The second-order valence-electron chi connectivity index (χ2n) is 3.51. The lowest BCUT2D eigenvalue weighted by Crippen LogP contribution is -2.16. The van der Waals surface area contributed by atoms with Crippen molar-refractivity contribution < 1.29 is 4.79 Å². The van der Waals surface area contributed by atoms with Crippen LogP contribution in [0.3, 0.4) is 0 Å². The third-order valence-electron chi connectivity index (χ3n) is 2.23. The number of anilines is 2. The minimum atomic E-state index is -0.283. The highest BCUT2D eigenvalue weighted by atomic mass is 79.9. The number of nitrogens with two attached hydrogens (primary N) is 1. The van der Waals surface area contributed by atoms with Crippen LogP contribution in [-0.4, -0.2) is 10.9 Å². The number of benzene rings is 1. The van der Waals surface area contributed by atoms with Crippen molar-refractivity contribution in [2.45, 2.75) is 0 Å². The number of carbonyl (C=O) groups excluding carboxylic acids is 1. The highest BCUT2D eigenvalue weighted by molar-refractivity contribution is 9.10. The lowest BCUT2D eigenvalue weighted by molar-refractivity contribution is 0.102. The molecule has 1 aromatic carbocycles. The van der Waals surface area contributed by atoms with Gasteiger partial charge in [0.1, 0.15) is 11.5 Å². The molecule has 4 N–H and O–H groups in total. The van der Waals surface area contributed by atoms with Gasteiger partial charge < -0.3 is 10.7 Å². The van der Waals surface area contributed by atoms with Crippen LogP contribution in [0.2, 0.25) is 0 Å². The SMILES string of the molecule is NNc1cccc(C(=O)Nc2ccc(Br)cc2)n1. The number of pyridine rings is 1. The van der Waals surface area contributed by atoms with Crippen molar-refractivity contribution in [2.24, 2.45) is 5.84 Å². The van der Waals surface area contributed by atoms with Gasteiger partial charge in [0.25, 0.3) is 5.91 Å². The van der Waals surface area contributed by atoms with Gasteiger partial charge in [0.05, 0.1) is 0 Å². The number of halogens is 1. The van der Waals surface area contributed by atoms with Crippen LogP contribution in [0.25, 0.3) is 0 Å². The summed E-state index contributed by atoms with van der Waals surface area (Å²) >= 11 is 3.33. The molecule has 1 aromatic heterocycles. The molecule has 92 valence electrons. The predicted octanol–water partition coefficient (Wildman–Crippen LogP) is 2.38. The summed E-state index contributed by atoms with van der Waals surface area (Å²) in [6, 6.07) is 12.3. The van der Waals surface area contributed by atoms with Crippen LogP contribution >= 0.6 is 15.9 Å². The number of hydrogen-bond donors (Lipinski definition) is 3. The Morgan fingerprint density at radius 2 is 1.89 bits per heavy atom. The Bertz CT molecular complexity index is 556. The lowest BCUT2D eigenvalue weighted by atomic mass is 10.3. The smallest absolute Gasteiger partial charge is 0.274 e. The van der Waals surface area contributed by atoms with Gasteiger partial charge >= 0.3 is 0 Å². The van der Waals surface area contributed by atoms with Crippen LogP contribution in [0.4, 0.5) is 11.5 Å². The molecule has 6 heteroatoms. The fourth-order valence-corrected chi connectivity index (χ4v) is 1.63. The van der Waals surface area contributed by atoms with Crippen LogP contribution in [0.5, 0.6) is 0 Å². The molecule has 0 saturated heterocycles. The summed E-state index contributed by atoms with van der Waals surface area (Å²) in [4.78, 5) is 16.0. The quantitative estimate of drug-likeness (QED) is 0.601. The summed E-state index contributed by atoms with van der Waals surface area (Å²) in [6.07, 6.45) is 0. The normalized spacial score (nSPS) is 9.89. The molecule has 0 fully saturated rings. The van der Waals surface area contributed by atoms with Crippen molar-refractivity contribution in [3.63, 3.8) is 0 Å². The van der Waals surface area contributed by atoms with E-state index in [1.807, 2.05) is 12.1 Å². The molecule has 0 atom stereocenters. The van der Waals surface area contributed by atoms with Crippen molar-refractivity contribution in [1.29, 1.82) is 0 Å². The van der Waals surface area contributed by atoms with Crippen LogP contribution in [0.15, 0.2) is 46.9 Å². The third kappa shape index (κ3) is 3.06. The van der Waals surface area contributed by atoms with Gasteiger partial charge in [0.2, 0.25) is 0 Å². The summed E-state index contributed by atoms with van der Waals surface area (Å²) in [5.41, 5.74) is 3.40. The van der Waals surface area contributed by atoms with Gasteiger partial charge in [-0.2, -0.15) is 0 Å². The van der Waals surface area contributed by atoms with E-state index >= 15 is 0 Å². The average Bonchev–Trinajstić information content (AvgIpc) is 2.41. The Balaban J connectivity index is 2.14. The van der Waals surface area contributed by atoms with Crippen molar-refractivity contribution in [3.05, 3.63) is 52.6 Å². The fourth-order valence-electron chi connectivity index (χ4n) is 1.37. The molecular formula is C12H11BrN4O. The Labute approximate surface area is 113 Å². The maximum Gasteiger partial charge on any atom is 0.274 e. The van der Waals surface area contributed by atoms with Crippen LogP contribution in [0.1, 0.15) is 10.5 Å². The largest absolute Gasteiger partial charge is 0.321 e. The maximum atomic E-state index is 11.9. The number of rotatable bonds is 3. The molecule has 1 heterocycles. The molecule has 0 unspecified atom stereocenters. The molecule has 0 radical (unpaired) electrons. The number of carbonyl (C=O) groups is 1. The van der Waals surface area contributed by atoms with Gasteiger partial charge in [-0.15, -0.1) is 0 Å². The summed E-state index contributed by atoms with van der Waals surface area (Å²) in [5.74, 6) is 5.40. The van der Waals surface area contributed by atoms with E-state index in [0.29, 0.717) is 17.2 Å². The molecule has 5 nitrogen and oxygen atoms in total. The molecule has 0 spiro atoms. The van der Waals surface area contributed by atoms with Gasteiger partial charge in [-0.1, -0.05) is 22.0 Å². The molecule has 0 aliphatic carbocycles. The lowest BCUT2D eigenvalue weighted by Gasteiger charge is -2.06. The highest BCUT2D eigenvalue weighted by Crippen LogP contribution is 2.15. The molecule has 2 rings (SSSR count). The zero-order valence-electron chi connectivity index (χ0n) is 9.35. The van der Waals surface area contributed by atoms with Gasteiger partial charge in [-0.05, 0) is 36.4 Å². The fraction of sp³-hybridized carbons (Fsp3) is 0. The first-order valence-electron chi connectivity index (χ1n) is 5.19. The standard InChI is InChI=1S/C12H11BrN4O/c13-8-4-6-9(7-5-8)15-12(18)10-2-1-3-11(16-10)17-14/h1-7H,14H2,(H,15,18)(H,16,17). The Morgan fingerprint density at radius 3 is 2.56 bits per heavy atom. The first-order valence-corrected chi connectivity index (χ1v) is 5.99. The third-order valence-corrected chi connectivity index (χ3v) is 2.76. The van der Waals surface area contributed by atoms with Gasteiger partial charge in [-0.3, -0.25) is 4.79 Å². The van der Waals surface area contributed by atoms with E-state index in [0.717, 1.165) is 4.47 Å². The second-order valence-corrected chi connectivity index (χ2v) is 4.43. The van der Waals surface area contributed by atoms with Crippen molar-refractivity contribution in [1.82, 2.24) is 4.98 Å². The van der Waals surface area contributed by atoms with Gasteiger partial charge in [-0.25, -0.2) is 10.8 Å². The molecular weight excluding hydrogens is 296 g/mol. The highest BCUT2D eigenvalue weighted by Gasteiger charge is 2.07. The van der Waals surface area contributed by atoms with E-state index in [4.69, 9.17) is 5.84 Å². The van der Waals surface area contributed by atoms with Crippen molar-refractivity contribution in [2.75, 3.05) is 10.7 Å². The van der Waals surface area contributed by atoms with Crippen LogP contribution in [-0.2, 0) is 0 Å². The number of hydrazine groups is 1. The molecule has 1 amide bonds. The molecule has 2 aromatic rings. The topological polar surface area (TPSA) is 80.0 Å². The van der Waals surface area contributed by atoms with E-state index in [2.05, 4.69) is 31.7 Å². The molecule has 0 aliphatic heterocycles. The van der Waals surface area contributed by atoms with E-state index in [1.54, 1.807) is 30.3 Å². The molecule has 0 bridgehead atoms. The zero-order chi connectivity index (χ0) is 13.0. The maximum absolute atomic E-state index is 11.9. The number of hydrogen-bond acceptors (Lipinski definition) is 4. The van der Waals surface area contributed by atoms with Crippen LogP contribution in [0, 0.1) is 0 Å². The Morgan fingerprint density at radius 1 is 1.17 bits per heavy atom. The molecule has 0 saturated carbocycles. The van der Waals surface area contributed by atoms with E-state index in [-0.39, 0.29) is 5.91 Å². The van der Waals surface area contributed by atoms with Gasteiger partial charge in [0, 0.05) is 10.2 Å². The second kappa shape index (κ2) is 5.61. The van der Waals surface area contributed by atoms with Gasteiger partial charge in [0.15, 0.2) is 0 Å². The van der Waals surface area contributed by atoms with E-state index < -0.39 is 0 Å². The monoisotopic (exact) mass is 306 g/mol. The van der Waals surface area contributed by atoms with Crippen molar-refractivity contribution in [3.8, 4) is 0 Å². The average molecular weight is 307 g/mol. The number of nitrogen functional groups attached to an aromatic ring is 1. The summed E-state index contributed by atoms with van der Waals surface area (Å²) in [7, 11) is 0. The Hall–Kier alpha value is -1.92. The predicted molar refractivity (Wildman–Crippen MR) is 74.1 cm³/mol. The summed E-state index contributed by atoms with van der Waals surface area (Å²) < 4.78 is 0.952. The first-order chi connectivity index (χ1) is 8.69. The zero-order valence-corrected chi connectivity index (χ0v) is 10.9. The Kier molecular flexibility index (Phi) is 3.91. The molecule has 0 aliphatic rings. The summed E-state index contributed by atoms with van der Waals surface area (Å²) in [5, 5.41) is 2.75. The van der Waals surface area contributed by atoms with E-state index in [9.17, 15) is 4.79 Å². The minimum absolute atomic E-state index is 0.283. The number of aromatic nitrogens is 1. The summed E-state index contributed by atoms with van der Waals surface area (Å²) in [6.45, 7) is 0. The minimum Gasteiger partial charge on any atom is -0.321 e. The first kappa shape index (κ1) is 12.5. The number of amides is 1. The molecule has 18 heavy (non-hydrogen) atoms. The van der Waals surface area contributed by atoms with Crippen molar-refractivity contribution >= 4 is 33.3 Å².